The number of fused-ring (bicyclic) bond motifs is 1. The summed E-state index contributed by atoms with van der Waals surface area (Å²) < 4.78 is 21.9. The lowest BCUT2D eigenvalue weighted by Crippen LogP contribution is -2.40. The van der Waals surface area contributed by atoms with Gasteiger partial charge in [-0.15, -0.1) is 24.8 Å². The minimum Gasteiger partial charge on any atom is -0.493 e. The van der Waals surface area contributed by atoms with E-state index in [0.29, 0.717) is 6.04 Å². The summed E-state index contributed by atoms with van der Waals surface area (Å²) in [6.45, 7) is 6.81. The molecule has 0 spiro atoms. The molecule has 0 amide bonds. The van der Waals surface area contributed by atoms with E-state index in [2.05, 4.69) is 41.4 Å². The second-order valence-corrected chi connectivity index (χ2v) is 10.7. The second kappa shape index (κ2) is 20.9. The Morgan fingerprint density at radius 1 is 0.756 bits per heavy atom. The van der Waals surface area contributed by atoms with Gasteiger partial charge in [0, 0.05) is 11.6 Å². The molecule has 3 rings (SSSR count). The van der Waals surface area contributed by atoms with Gasteiger partial charge < -0.3 is 29.2 Å². The van der Waals surface area contributed by atoms with Gasteiger partial charge in [-0.05, 0) is 100 Å². The highest BCUT2D eigenvalue weighted by Crippen LogP contribution is 2.38. The summed E-state index contributed by atoms with van der Waals surface area (Å²) in [5, 5.41) is 3.59. The van der Waals surface area contributed by atoms with Crippen molar-refractivity contribution < 1.29 is 18.9 Å². The number of methoxy groups -OCH3 is 4. The van der Waals surface area contributed by atoms with Crippen LogP contribution in [0.4, 0.5) is 0 Å². The lowest BCUT2D eigenvalue weighted by atomic mass is 9.86. The van der Waals surface area contributed by atoms with E-state index in [9.17, 15) is 0 Å². The topological polar surface area (TPSA) is 52.2 Å². The number of rotatable bonds is 19. The van der Waals surface area contributed by atoms with Crippen LogP contribution in [-0.2, 0) is 19.3 Å². The van der Waals surface area contributed by atoms with Gasteiger partial charge in [-0.1, -0.05) is 44.7 Å². The number of hydrogen-bond acceptors (Lipinski definition) is 6. The van der Waals surface area contributed by atoms with Gasteiger partial charge in [-0.25, -0.2) is 0 Å². The lowest BCUT2D eigenvalue weighted by Gasteiger charge is -2.36. The Kier molecular flexibility index (Phi) is 19.0. The van der Waals surface area contributed by atoms with E-state index in [0.717, 1.165) is 55.4 Å². The summed E-state index contributed by atoms with van der Waals surface area (Å²) in [6.07, 6.45) is 13.5. The Balaban J connectivity index is 0.00000420. The SMILES string of the molecule is CCCN(CCCCCCCCNCCc1ccc(OC)c(OC)c1)[C@H]1CCc2c(ccc(OC)c2OC)C1.Cl.Cl. The van der Waals surface area contributed by atoms with Crippen LogP contribution in [0.25, 0.3) is 0 Å². The average Bonchev–Trinajstić information content (AvgIpc) is 2.98. The molecule has 6 nitrogen and oxygen atoms in total. The fraction of sp³-hybridized carbons (Fsp3) is 0.636. The lowest BCUT2D eigenvalue weighted by molar-refractivity contribution is 0.175. The monoisotopic (exact) mass is 612 g/mol. The standard InChI is InChI=1S/C33H52N2O4.2ClH/c1-6-22-35(28-15-16-29-27(25-28)14-18-31(37-3)33(29)39-5)23-12-10-8-7-9-11-20-34-21-19-26-13-17-30(36-2)32(24-26)38-4;;/h13-14,17-18,24,28,34H,6-12,15-16,19-23,25H2,1-5H3;2*1H/t28-;;/m0../s1. The maximum atomic E-state index is 5.70. The van der Waals surface area contributed by atoms with Crippen molar-refractivity contribution in [3.8, 4) is 23.0 Å². The summed E-state index contributed by atoms with van der Waals surface area (Å²) in [5.74, 6) is 3.38. The van der Waals surface area contributed by atoms with Gasteiger partial charge in [-0.2, -0.15) is 0 Å². The molecule has 8 heteroatoms. The zero-order chi connectivity index (χ0) is 27.9. The number of hydrogen-bond donors (Lipinski definition) is 1. The van der Waals surface area contributed by atoms with Gasteiger partial charge in [-0.3, -0.25) is 0 Å². The van der Waals surface area contributed by atoms with Crippen LogP contribution in [0.15, 0.2) is 30.3 Å². The van der Waals surface area contributed by atoms with Gasteiger partial charge in [0.25, 0.3) is 0 Å². The van der Waals surface area contributed by atoms with Gasteiger partial charge in [0.15, 0.2) is 23.0 Å². The molecular weight excluding hydrogens is 559 g/mol. The first-order valence-electron chi connectivity index (χ1n) is 15.0. The van der Waals surface area contributed by atoms with Crippen LogP contribution >= 0.6 is 24.8 Å². The van der Waals surface area contributed by atoms with E-state index in [1.54, 1.807) is 28.4 Å². The predicted molar refractivity (Wildman–Crippen MR) is 176 cm³/mol. The summed E-state index contributed by atoms with van der Waals surface area (Å²) in [7, 11) is 6.84. The van der Waals surface area contributed by atoms with Crippen molar-refractivity contribution in [2.45, 2.75) is 83.6 Å². The molecule has 0 saturated carbocycles. The second-order valence-electron chi connectivity index (χ2n) is 10.7. The first kappa shape index (κ1) is 37.2. The van der Waals surface area contributed by atoms with Crippen LogP contribution in [0.5, 0.6) is 23.0 Å². The smallest absolute Gasteiger partial charge is 0.164 e. The fourth-order valence-corrected chi connectivity index (χ4v) is 5.91. The number of ether oxygens (including phenoxy) is 4. The maximum absolute atomic E-state index is 5.70. The Labute approximate surface area is 261 Å². The van der Waals surface area contributed by atoms with Gasteiger partial charge in [0.1, 0.15) is 0 Å². The highest BCUT2D eigenvalue weighted by atomic mass is 35.5. The van der Waals surface area contributed by atoms with Crippen molar-refractivity contribution in [3.63, 3.8) is 0 Å². The highest BCUT2D eigenvalue weighted by Gasteiger charge is 2.27. The third kappa shape index (κ3) is 11.4. The molecule has 2 aromatic rings. The van der Waals surface area contributed by atoms with Crippen LogP contribution < -0.4 is 24.3 Å². The normalized spacial score (nSPS) is 14.0. The number of nitrogens with one attached hydrogen (secondary N) is 1. The molecular formula is C33H54Cl2N2O4. The zero-order valence-electron chi connectivity index (χ0n) is 26.0. The van der Waals surface area contributed by atoms with Crippen molar-refractivity contribution in [3.05, 3.63) is 47.0 Å². The first-order chi connectivity index (χ1) is 19.1. The minimum absolute atomic E-state index is 0. The first-order valence-corrected chi connectivity index (χ1v) is 15.0. The molecule has 234 valence electrons. The quantitative estimate of drug-likeness (QED) is 0.168. The highest BCUT2D eigenvalue weighted by molar-refractivity contribution is 5.85. The largest absolute Gasteiger partial charge is 0.493 e. The van der Waals surface area contributed by atoms with Crippen LogP contribution in [0, 0.1) is 0 Å². The summed E-state index contributed by atoms with van der Waals surface area (Å²) >= 11 is 0. The van der Waals surface area contributed by atoms with E-state index in [-0.39, 0.29) is 24.8 Å². The third-order valence-corrected chi connectivity index (χ3v) is 8.04. The molecule has 2 aromatic carbocycles. The molecule has 1 aliphatic carbocycles. The summed E-state index contributed by atoms with van der Waals surface area (Å²) in [6, 6.07) is 11.1. The van der Waals surface area contributed by atoms with E-state index >= 15 is 0 Å². The molecule has 41 heavy (non-hydrogen) atoms. The Morgan fingerprint density at radius 2 is 1.44 bits per heavy atom. The van der Waals surface area contributed by atoms with Crippen LogP contribution in [0.3, 0.4) is 0 Å². The van der Waals surface area contributed by atoms with Gasteiger partial charge in [0.2, 0.25) is 0 Å². The predicted octanol–water partition coefficient (Wildman–Crippen LogP) is 7.31. The van der Waals surface area contributed by atoms with E-state index in [1.807, 2.05) is 6.07 Å². The molecule has 0 saturated heterocycles. The fourth-order valence-electron chi connectivity index (χ4n) is 5.91. The molecule has 0 heterocycles. The number of nitrogens with zero attached hydrogens (tertiary/aromatic N) is 1. The van der Waals surface area contributed by atoms with Crippen LogP contribution in [0.1, 0.15) is 75.0 Å². The number of unbranched alkanes of at least 4 members (excludes halogenated alkanes) is 5. The Bertz CT molecular complexity index is 992. The minimum atomic E-state index is 0. The molecule has 1 aliphatic rings. The summed E-state index contributed by atoms with van der Waals surface area (Å²) in [4.78, 5) is 2.75. The van der Waals surface area contributed by atoms with Crippen molar-refractivity contribution in [2.24, 2.45) is 0 Å². The van der Waals surface area contributed by atoms with E-state index in [4.69, 9.17) is 18.9 Å². The van der Waals surface area contributed by atoms with Crippen LogP contribution in [-0.4, -0.2) is 65.6 Å². The van der Waals surface area contributed by atoms with E-state index in [1.165, 1.54) is 81.1 Å². The molecule has 0 radical (unpaired) electrons. The molecule has 1 N–H and O–H groups in total. The molecule has 0 unspecified atom stereocenters. The number of benzene rings is 2. The van der Waals surface area contributed by atoms with E-state index < -0.39 is 0 Å². The van der Waals surface area contributed by atoms with Gasteiger partial charge >= 0.3 is 0 Å². The molecule has 1 atom stereocenters. The van der Waals surface area contributed by atoms with Crippen molar-refractivity contribution in [1.29, 1.82) is 0 Å². The molecule has 0 bridgehead atoms. The third-order valence-electron chi connectivity index (χ3n) is 8.04. The number of halogens is 2. The zero-order valence-corrected chi connectivity index (χ0v) is 27.6. The van der Waals surface area contributed by atoms with Crippen LogP contribution in [0.2, 0.25) is 0 Å². The molecule has 0 aromatic heterocycles. The molecule has 0 fully saturated rings. The Morgan fingerprint density at radius 3 is 2.12 bits per heavy atom. The average molecular weight is 614 g/mol. The summed E-state index contributed by atoms with van der Waals surface area (Å²) in [5.41, 5.74) is 4.05. The van der Waals surface area contributed by atoms with Gasteiger partial charge in [0.05, 0.1) is 28.4 Å². The Hall–Kier alpha value is -1.86. The maximum Gasteiger partial charge on any atom is 0.164 e. The van der Waals surface area contributed by atoms with Crippen molar-refractivity contribution in [2.75, 3.05) is 54.6 Å². The molecule has 0 aliphatic heterocycles. The van der Waals surface area contributed by atoms with Crippen molar-refractivity contribution in [1.82, 2.24) is 10.2 Å². The van der Waals surface area contributed by atoms with Crippen molar-refractivity contribution >= 4 is 24.8 Å².